The van der Waals surface area contributed by atoms with E-state index in [4.69, 9.17) is 9.41 Å². The monoisotopic (exact) mass is 486 g/mol. The van der Waals surface area contributed by atoms with E-state index in [1.165, 1.54) is 11.1 Å². The van der Waals surface area contributed by atoms with Gasteiger partial charge in [-0.1, -0.05) is 107 Å². The maximum atomic E-state index is 11.6. The van der Waals surface area contributed by atoms with Gasteiger partial charge in [-0.25, -0.2) is 9.82 Å². The highest BCUT2D eigenvalue weighted by Crippen LogP contribution is 2.43. The van der Waals surface area contributed by atoms with Crippen LogP contribution in [-0.2, 0) is 32.6 Å². The molecule has 0 saturated carbocycles. The smallest absolute Gasteiger partial charge is 0.395 e. The van der Waals surface area contributed by atoms with Crippen molar-refractivity contribution in [3.05, 3.63) is 57.6 Å². The van der Waals surface area contributed by atoms with E-state index in [2.05, 4.69) is 107 Å². The number of benzene rings is 2. The first kappa shape index (κ1) is 28.3. The molecule has 188 valence electrons. The van der Waals surface area contributed by atoms with Gasteiger partial charge in [0.05, 0.1) is 0 Å². The molecule has 0 spiro atoms. The normalized spacial score (nSPS) is 13.3. The number of rotatable bonds is 5. The Morgan fingerprint density at radius 2 is 1.03 bits per heavy atom. The van der Waals surface area contributed by atoms with Crippen molar-refractivity contribution in [1.82, 2.24) is 0 Å². The maximum absolute atomic E-state index is 11.6. The third-order valence-electron chi connectivity index (χ3n) is 6.28. The average Bonchev–Trinajstić information content (AvgIpc) is 2.65. The van der Waals surface area contributed by atoms with Gasteiger partial charge in [0, 0.05) is 28.7 Å². The predicted molar refractivity (Wildman–Crippen MR) is 142 cm³/mol. The molecule has 0 aliphatic rings. The summed E-state index contributed by atoms with van der Waals surface area (Å²) in [6, 6.07) is 8.55. The average molecular weight is 487 g/mol. The van der Waals surface area contributed by atoms with Crippen LogP contribution < -0.4 is 9.41 Å². The van der Waals surface area contributed by atoms with Gasteiger partial charge in [-0.05, 0) is 32.8 Å². The summed E-state index contributed by atoms with van der Waals surface area (Å²) in [7, 11) is -0.394. The van der Waals surface area contributed by atoms with Crippen molar-refractivity contribution in [1.29, 1.82) is 0 Å². The first-order valence-corrected chi connectivity index (χ1v) is 12.7. The van der Waals surface area contributed by atoms with Gasteiger partial charge in [0.15, 0.2) is 5.75 Å². The fourth-order valence-electron chi connectivity index (χ4n) is 4.08. The highest BCUT2D eigenvalue weighted by molar-refractivity contribution is 7.17. The molecule has 0 aliphatic carbocycles. The molecular formula is C29H43O4P. The van der Waals surface area contributed by atoms with E-state index in [-0.39, 0.29) is 21.7 Å². The minimum Gasteiger partial charge on any atom is -0.407 e. The molecule has 2 aromatic rings. The third-order valence-corrected chi connectivity index (χ3v) is 6.54. The standard InChI is InChI=1S/C29H43O4P/c1-26(2,3)20-14-18(24(32-30)22(16-20)28(7,8)9)13-19-15-21(27(4,5)6)17-23(29(10,11)12)25(19)33-34-31/h14-17,30H,13H2,1-12H3. The van der Waals surface area contributed by atoms with Crippen molar-refractivity contribution < 1.29 is 19.2 Å². The zero-order valence-corrected chi connectivity index (χ0v) is 24.0. The highest BCUT2D eigenvalue weighted by Gasteiger charge is 2.30. The quantitative estimate of drug-likeness (QED) is 0.260. The van der Waals surface area contributed by atoms with Crippen LogP contribution in [0, 0.1) is 0 Å². The summed E-state index contributed by atoms with van der Waals surface area (Å²) in [6.07, 6.45) is 0.473. The molecule has 5 heteroatoms. The Morgan fingerprint density at radius 1 is 0.647 bits per heavy atom. The zero-order valence-electron chi connectivity index (χ0n) is 23.1. The minimum absolute atomic E-state index is 0.0808. The lowest BCUT2D eigenvalue weighted by Gasteiger charge is -2.30. The van der Waals surface area contributed by atoms with Gasteiger partial charge >= 0.3 is 8.69 Å². The second kappa shape index (κ2) is 9.63. The van der Waals surface area contributed by atoms with Crippen LogP contribution in [0.15, 0.2) is 24.3 Å². The molecule has 0 aliphatic heterocycles. The largest absolute Gasteiger partial charge is 0.407 e. The molecule has 2 rings (SSSR count). The van der Waals surface area contributed by atoms with Crippen molar-refractivity contribution >= 4 is 8.69 Å². The zero-order chi connectivity index (χ0) is 26.3. The van der Waals surface area contributed by atoms with Gasteiger partial charge in [0.25, 0.3) is 0 Å². The van der Waals surface area contributed by atoms with E-state index in [1.54, 1.807) is 0 Å². The summed E-state index contributed by atoms with van der Waals surface area (Å²) < 4.78 is 17.4. The molecule has 0 radical (unpaired) electrons. The summed E-state index contributed by atoms with van der Waals surface area (Å²) in [5.41, 5.74) is 5.49. The second-order valence-corrected chi connectivity index (χ2v) is 13.8. The van der Waals surface area contributed by atoms with E-state index in [0.29, 0.717) is 17.9 Å². The maximum Gasteiger partial charge on any atom is 0.395 e. The molecule has 0 atom stereocenters. The Kier molecular flexibility index (Phi) is 8.02. The van der Waals surface area contributed by atoms with E-state index in [9.17, 15) is 9.82 Å². The van der Waals surface area contributed by atoms with Gasteiger partial charge in [-0.3, -0.25) is 0 Å². The van der Waals surface area contributed by atoms with Crippen molar-refractivity contribution in [2.24, 2.45) is 0 Å². The van der Waals surface area contributed by atoms with E-state index < -0.39 is 8.69 Å². The Balaban J connectivity index is 2.92. The van der Waals surface area contributed by atoms with Gasteiger partial charge in [0.1, 0.15) is 5.75 Å². The highest BCUT2D eigenvalue weighted by atomic mass is 31.1. The van der Waals surface area contributed by atoms with Gasteiger partial charge in [-0.2, -0.15) is 0 Å². The molecule has 0 unspecified atom stereocenters. The Hall–Kier alpha value is -1.90. The van der Waals surface area contributed by atoms with Crippen LogP contribution in [0.3, 0.4) is 0 Å². The second-order valence-electron chi connectivity index (χ2n) is 13.5. The summed E-state index contributed by atoms with van der Waals surface area (Å²) in [4.78, 5) is 5.03. The molecule has 2 aromatic carbocycles. The van der Waals surface area contributed by atoms with Crippen molar-refractivity contribution in [3.8, 4) is 11.5 Å². The summed E-state index contributed by atoms with van der Waals surface area (Å²) >= 11 is 0. The van der Waals surface area contributed by atoms with Crippen molar-refractivity contribution in [2.75, 3.05) is 0 Å². The van der Waals surface area contributed by atoms with Crippen LogP contribution in [0.25, 0.3) is 0 Å². The van der Waals surface area contributed by atoms with Gasteiger partial charge < -0.3 is 9.41 Å². The van der Waals surface area contributed by atoms with Crippen LogP contribution in [0.2, 0.25) is 0 Å². The van der Waals surface area contributed by atoms with Crippen LogP contribution >= 0.6 is 8.69 Å². The fourth-order valence-corrected chi connectivity index (χ4v) is 4.37. The topological polar surface area (TPSA) is 55.8 Å². The summed E-state index contributed by atoms with van der Waals surface area (Å²) in [6.45, 7) is 25.8. The van der Waals surface area contributed by atoms with Crippen LogP contribution in [-0.4, -0.2) is 5.26 Å². The molecule has 0 saturated heterocycles. The molecular weight excluding hydrogens is 443 g/mol. The lowest BCUT2D eigenvalue weighted by atomic mass is 9.76. The molecule has 1 N–H and O–H groups in total. The molecule has 0 amide bonds. The predicted octanol–water partition coefficient (Wildman–Crippen LogP) is 8.90. The molecule has 0 heterocycles. The number of hydrogen-bond acceptors (Lipinski definition) is 4. The van der Waals surface area contributed by atoms with E-state index in [0.717, 1.165) is 22.3 Å². The van der Waals surface area contributed by atoms with Crippen molar-refractivity contribution in [2.45, 2.75) is 111 Å². The first-order chi connectivity index (χ1) is 15.3. The van der Waals surface area contributed by atoms with Crippen LogP contribution in [0.4, 0.5) is 0 Å². The SMILES string of the molecule is CC(C)(C)c1cc(Cc2cc(C(C)(C)C)cc(C(C)(C)C)c2OP=O)c(OO)c(C(C)(C)C)c1. The lowest BCUT2D eigenvalue weighted by molar-refractivity contribution is -0.139. The van der Waals surface area contributed by atoms with Crippen molar-refractivity contribution in [3.63, 3.8) is 0 Å². The van der Waals surface area contributed by atoms with Gasteiger partial charge in [-0.15, -0.1) is 0 Å². The fraction of sp³-hybridized carbons (Fsp3) is 0.586. The van der Waals surface area contributed by atoms with Crippen LogP contribution in [0.5, 0.6) is 11.5 Å². The third kappa shape index (κ3) is 6.40. The van der Waals surface area contributed by atoms with E-state index >= 15 is 0 Å². The van der Waals surface area contributed by atoms with Gasteiger partial charge in [0.2, 0.25) is 0 Å². The molecule has 0 fully saturated rings. The lowest BCUT2D eigenvalue weighted by Crippen LogP contribution is -2.20. The first-order valence-electron chi connectivity index (χ1n) is 12.0. The molecule has 4 nitrogen and oxygen atoms in total. The Labute approximate surface area is 208 Å². The van der Waals surface area contributed by atoms with E-state index in [1.807, 2.05) is 0 Å². The Bertz CT molecular complexity index is 1040. The summed E-state index contributed by atoms with van der Waals surface area (Å²) in [5, 5.41) is 9.99. The summed E-state index contributed by atoms with van der Waals surface area (Å²) in [5.74, 6) is 1.10. The number of hydrogen-bond donors (Lipinski definition) is 1. The Morgan fingerprint density at radius 3 is 1.35 bits per heavy atom. The molecule has 0 aromatic heterocycles. The van der Waals surface area contributed by atoms with Crippen LogP contribution in [0.1, 0.15) is 116 Å². The molecule has 34 heavy (non-hydrogen) atoms. The minimum atomic E-state index is -0.394. The molecule has 0 bridgehead atoms.